The van der Waals surface area contributed by atoms with Crippen LogP contribution in [-0.2, 0) is 21.0 Å². The predicted molar refractivity (Wildman–Crippen MR) is 115 cm³/mol. The summed E-state index contributed by atoms with van der Waals surface area (Å²) in [6.07, 6.45) is -4.18. The van der Waals surface area contributed by atoms with E-state index in [1.807, 2.05) is 0 Å². The molecule has 2 aromatic carbocycles. The zero-order valence-corrected chi connectivity index (χ0v) is 18.7. The Labute approximate surface area is 190 Å². The van der Waals surface area contributed by atoms with Crippen LogP contribution in [0.25, 0.3) is 0 Å². The third-order valence-corrected chi connectivity index (χ3v) is 6.91. The smallest absolute Gasteiger partial charge is 0.416 e. The van der Waals surface area contributed by atoms with Gasteiger partial charge < -0.3 is 9.47 Å². The monoisotopic (exact) mass is 499 g/mol. The normalized spacial score (nSPS) is 16.2. The standard InChI is InChI=1S/C20H16F3N3O5S2/c1-11-18(27)26(14-5-3-12(20(21,22)23)9-16(14)30-2)15-6-4-13(10-17(15)31-11)33(28,29)25-19-24-7-8-32-19/h3-11H,1-2H3,(H,24,25)/t11-/m1/s1. The molecular weight excluding hydrogens is 483 g/mol. The summed E-state index contributed by atoms with van der Waals surface area (Å²) in [4.78, 5) is 17.8. The molecule has 0 saturated heterocycles. The molecule has 1 atom stereocenters. The van der Waals surface area contributed by atoms with Crippen LogP contribution >= 0.6 is 11.3 Å². The highest BCUT2D eigenvalue weighted by Gasteiger charge is 2.37. The number of halogens is 3. The number of hydrogen-bond donors (Lipinski definition) is 1. The molecule has 174 valence electrons. The van der Waals surface area contributed by atoms with E-state index in [4.69, 9.17) is 9.47 Å². The first kappa shape index (κ1) is 22.9. The van der Waals surface area contributed by atoms with E-state index in [-0.39, 0.29) is 32.9 Å². The molecule has 1 amide bonds. The van der Waals surface area contributed by atoms with Crippen molar-refractivity contribution in [2.24, 2.45) is 0 Å². The second kappa shape index (κ2) is 8.23. The van der Waals surface area contributed by atoms with Crippen LogP contribution < -0.4 is 19.1 Å². The van der Waals surface area contributed by atoms with Crippen LogP contribution in [-0.4, -0.2) is 32.5 Å². The van der Waals surface area contributed by atoms with E-state index < -0.39 is 33.8 Å². The lowest BCUT2D eigenvalue weighted by Crippen LogP contribution is -2.41. The Bertz CT molecular complexity index is 1310. The van der Waals surface area contributed by atoms with Gasteiger partial charge in [-0.25, -0.2) is 13.4 Å². The number of nitrogens with one attached hydrogen (secondary N) is 1. The number of nitrogens with zero attached hydrogens (tertiary/aromatic N) is 2. The number of anilines is 3. The quantitative estimate of drug-likeness (QED) is 0.558. The molecule has 0 saturated carbocycles. The number of thiazole rings is 1. The fourth-order valence-electron chi connectivity index (χ4n) is 3.22. The highest BCUT2D eigenvalue weighted by molar-refractivity contribution is 7.93. The van der Waals surface area contributed by atoms with Crippen LogP contribution in [0, 0.1) is 0 Å². The molecule has 1 aliphatic heterocycles. The summed E-state index contributed by atoms with van der Waals surface area (Å²) < 4.78 is 77.9. The topological polar surface area (TPSA) is 97.8 Å². The molecule has 0 fully saturated rings. The maximum atomic E-state index is 13.1. The number of methoxy groups -OCH3 is 1. The van der Waals surface area contributed by atoms with Crippen molar-refractivity contribution in [2.45, 2.75) is 24.1 Å². The van der Waals surface area contributed by atoms with Gasteiger partial charge in [-0.15, -0.1) is 11.3 Å². The van der Waals surface area contributed by atoms with E-state index in [1.54, 1.807) is 5.38 Å². The van der Waals surface area contributed by atoms with Gasteiger partial charge in [0.1, 0.15) is 11.5 Å². The summed E-state index contributed by atoms with van der Waals surface area (Å²) in [7, 11) is -2.81. The Hall–Kier alpha value is -3.32. The van der Waals surface area contributed by atoms with E-state index in [2.05, 4.69) is 9.71 Å². The summed E-state index contributed by atoms with van der Waals surface area (Å²) >= 11 is 1.10. The lowest BCUT2D eigenvalue weighted by atomic mass is 10.1. The van der Waals surface area contributed by atoms with Crippen LogP contribution in [0.1, 0.15) is 12.5 Å². The third-order valence-electron chi connectivity index (χ3n) is 4.76. The highest BCUT2D eigenvalue weighted by Crippen LogP contribution is 2.45. The number of benzene rings is 2. The first-order chi connectivity index (χ1) is 15.5. The molecule has 13 heteroatoms. The van der Waals surface area contributed by atoms with Gasteiger partial charge in [0.05, 0.1) is 28.9 Å². The Balaban J connectivity index is 1.78. The van der Waals surface area contributed by atoms with Gasteiger partial charge in [-0.3, -0.25) is 14.4 Å². The van der Waals surface area contributed by atoms with Crippen LogP contribution in [0.3, 0.4) is 0 Å². The van der Waals surface area contributed by atoms with Crippen molar-refractivity contribution >= 4 is 43.8 Å². The fourth-order valence-corrected chi connectivity index (χ4v) is 5.02. The van der Waals surface area contributed by atoms with Gasteiger partial charge in [0, 0.05) is 17.6 Å². The second-order valence-corrected chi connectivity index (χ2v) is 9.47. The SMILES string of the molecule is COc1cc(C(F)(F)F)ccc1N1C(=O)[C@@H](C)Oc2cc(S(=O)(=O)Nc3nccs3)ccc21. The van der Waals surface area contributed by atoms with Gasteiger partial charge in [-0.05, 0) is 37.3 Å². The van der Waals surface area contributed by atoms with Crippen molar-refractivity contribution in [1.82, 2.24) is 4.98 Å². The highest BCUT2D eigenvalue weighted by atomic mass is 32.2. The maximum Gasteiger partial charge on any atom is 0.416 e. The summed E-state index contributed by atoms with van der Waals surface area (Å²) in [5.41, 5.74) is -0.723. The molecule has 0 unspecified atom stereocenters. The van der Waals surface area contributed by atoms with E-state index in [0.717, 1.165) is 34.4 Å². The van der Waals surface area contributed by atoms with Gasteiger partial charge in [0.2, 0.25) is 0 Å². The number of hydrogen-bond acceptors (Lipinski definition) is 7. The Morgan fingerprint density at radius 3 is 2.55 bits per heavy atom. The van der Waals surface area contributed by atoms with E-state index >= 15 is 0 Å². The molecule has 1 N–H and O–H groups in total. The molecule has 2 heterocycles. The van der Waals surface area contributed by atoms with Crippen LogP contribution in [0.2, 0.25) is 0 Å². The average Bonchev–Trinajstić information content (AvgIpc) is 3.25. The number of fused-ring (bicyclic) bond motifs is 1. The Morgan fingerprint density at radius 1 is 1.18 bits per heavy atom. The Morgan fingerprint density at radius 2 is 1.91 bits per heavy atom. The summed E-state index contributed by atoms with van der Waals surface area (Å²) in [6.45, 7) is 1.45. The molecule has 0 spiro atoms. The summed E-state index contributed by atoms with van der Waals surface area (Å²) in [5, 5.41) is 1.78. The van der Waals surface area contributed by atoms with Crippen molar-refractivity contribution < 1.29 is 35.9 Å². The average molecular weight is 499 g/mol. The van der Waals surface area contributed by atoms with E-state index in [9.17, 15) is 26.4 Å². The molecule has 8 nitrogen and oxygen atoms in total. The van der Waals surface area contributed by atoms with Crippen molar-refractivity contribution in [3.8, 4) is 11.5 Å². The second-order valence-electron chi connectivity index (χ2n) is 6.89. The molecule has 1 aliphatic rings. The van der Waals surface area contributed by atoms with Crippen molar-refractivity contribution in [3.63, 3.8) is 0 Å². The number of rotatable bonds is 5. The van der Waals surface area contributed by atoms with Gasteiger partial charge in [-0.1, -0.05) is 0 Å². The molecule has 1 aromatic heterocycles. The minimum Gasteiger partial charge on any atom is -0.495 e. The van der Waals surface area contributed by atoms with Crippen molar-refractivity contribution in [3.05, 3.63) is 53.5 Å². The number of carbonyl (C=O) groups excluding carboxylic acids is 1. The number of aromatic nitrogens is 1. The van der Waals surface area contributed by atoms with Crippen molar-refractivity contribution in [1.29, 1.82) is 0 Å². The molecular formula is C20H16F3N3O5S2. The lowest BCUT2D eigenvalue weighted by molar-refractivity contribution is -0.137. The number of alkyl halides is 3. The minimum atomic E-state index is -4.60. The largest absolute Gasteiger partial charge is 0.495 e. The molecule has 3 aromatic rings. The number of carbonyl (C=O) groups is 1. The minimum absolute atomic E-state index is 0.0587. The predicted octanol–water partition coefficient (Wildman–Crippen LogP) is 4.42. The number of sulfonamides is 1. The van der Waals surface area contributed by atoms with Gasteiger partial charge >= 0.3 is 6.18 Å². The van der Waals surface area contributed by atoms with Crippen LogP contribution in [0.15, 0.2) is 52.9 Å². The zero-order valence-electron chi connectivity index (χ0n) is 17.1. The van der Waals surface area contributed by atoms with Gasteiger partial charge in [0.25, 0.3) is 15.9 Å². The Kier molecular flexibility index (Phi) is 5.70. The van der Waals surface area contributed by atoms with E-state index in [1.165, 1.54) is 38.4 Å². The first-order valence-corrected chi connectivity index (χ1v) is 11.7. The van der Waals surface area contributed by atoms with Crippen LogP contribution in [0.5, 0.6) is 11.5 Å². The van der Waals surface area contributed by atoms with E-state index in [0.29, 0.717) is 0 Å². The van der Waals surface area contributed by atoms with Gasteiger partial charge in [-0.2, -0.15) is 13.2 Å². The number of amides is 1. The molecule has 0 aliphatic carbocycles. The number of ether oxygens (including phenoxy) is 2. The van der Waals surface area contributed by atoms with Crippen LogP contribution in [0.4, 0.5) is 29.7 Å². The third kappa shape index (κ3) is 4.33. The molecule has 33 heavy (non-hydrogen) atoms. The maximum absolute atomic E-state index is 13.1. The fraction of sp³-hybridized carbons (Fsp3) is 0.200. The zero-order chi connectivity index (χ0) is 24.0. The molecule has 0 radical (unpaired) electrons. The first-order valence-electron chi connectivity index (χ1n) is 9.33. The van der Waals surface area contributed by atoms with Crippen molar-refractivity contribution in [2.75, 3.05) is 16.7 Å². The summed E-state index contributed by atoms with van der Waals surface area (Å²) in [6, 6.07) is 6.58. The lowest BCUT2D eigenvalue weighted by Gasteiger charge is -2.34. The summed E-state index contributed by atoms with van der Waals surface area (Å²) in [5.74, 6) is -0.677. The van der Waals surface area contributed by atoms with Gasteiger partial charge in [0.15, 0.2) is 11.2 Å². The molecule has 4 rings (SSSR count). The molecule has 0 bridgehead atoms.